The largest absolute Gasteiger partial charge is 0.376 e. The highest BCUT2D eigenvalue weighted by atomic mass is 16.1. The molecule has 0 spiro atoms. The number of hydrogen-bond donors (Lipinski definition) is 2. The van der Waals surface area contributed by atoms with Crippen molar-refractivity contribution in [3.8, 4) is 0 Å². The lowest BCUT2D eigenvalue weighted by Crippen LogP contribution is -2.29. The molecule has 0 unspecified atom stereocenters. The van der Waals surface area contributed by atoms with E-state index in [2.05, 4.69) is 29.7 Å². The highest BCUT2D eigenvalue weighted by Gasteiger charge is 2.01. The summed E-state index contributed by atoms with van der Waals surface area (Å²) in [6.07, 6.45) is 0.996. The average molecular weight is 268 g/mol. The molecule has 0 aliphatic heterocycles. The summed E-state index contributed by atoms with van der Waals surface area (Å²) in [5, 5.41) is 6.04. The fourth-order valence-corrected chi connectivity index (χ4v) is 1.94. The molecule has 0 atom stereocenters. The molecular weight excluding hydrogens is 248 g/mol. The molecule has 104 valence electrons. The van der Waals surface area contributed by atoms with Crippen LogP contribution in [0, 0.1) is 0 Å². The van der Waals surface area contributed by atoms with E-state index in [1.165, 1.54) is 5.56 Å². The lowest BCUT2D eigenvalue weighted by Gasteiger charge is -2.09. The average Bonchev–Trinajstić information content (AvgIpc) is 2.52. The van der Waals surface area contributed by atoms with E-state index < -0.39 is 0 Å². The molecule has 2 rings (SSSR count). The van der Waals surface area contributed by atoms with Gasteiger partial charge >= 0.3 is 0 Å². The van der Waals surface area contributed by atoms with Crippen LogP contribution in [0.1, 0.15) is 18.1 Å². The van der Waals surface area contributed by atoms with Gasteiger partial charge in [-0.05, 0) is 29.7 Å². The van der Waals surface area contributed by atoms with E-state index in [0.29, 0.717) is 13.1 Å². The van der Waals surface area contributed by atoms with E-state index in [4.69, 9.17) is 0 Å². The smallest absolute Gasteiger partial charge is 0.239 e. The van der Waals surface area contributed by atoms with Gasteiger partial charge in [0.1, 0.15) is 0 Å². The van der Waals surface area contributed by atoms with Gasteiger partial charge < -0.3 is 10.6 Å². The Kier molecular flexibility index (Phi) is 5.18. The van der Waals surface area contributed by atoms with Gasteiger partial charge in [0.25, 0.3) is 0 Å². The van der Waals surface area contributed by atoms with Crippen LogP contribution in [0.15, 0.2) is 54.6 Å². The summed E-state index contributed by atoms with van der Waals surface area (Å²) in [6.45, 7) is 2.97. The van der Waals surface area contributed by atoms with E-state index in [1.54, 1.807) is 0 Å². The number of nitrogens with one attached hydrogen (secondary N) is 2. The van der Waals surface area contributed by atoms with Crippen molar-refractivity contribution in [3.05, 3.63) is 65.7 Å². The minimum Gasteiger partial charge on any atom is -0.376 e. The van der Waals surface area contributed by atoms with Crippen molar-refractivity contribution in [3.63, 3.8) is 0 Å². The molecular formula is C17H20N2O. The van der Waals surface area contributed by atoms with Crippen LogP contribution in [0.5, 0.6) is 0 Å². The van der Waals surface area contributed by atoms with Crippen LogP contribution < -0.4 is 10.6 Å². The Hall–Kier alpha value is -2.29. The number of benzene rings is 2. The first kappa shape index (κ1) is 14.1. The Morgan fingerprint density at radius 1 is 1.00 bits per heavy atom. The summed E-state index contributed by atoms with van der Waals surface area (Å²) >= 11 is 0. The number of carbonyl (C=O) groups is 1. The standard InChI is InChI=1S/C17H20N2O/c1-2-14-9-6-10-16(11-14)18-13-17(20)19-12-15-7-4-3-5-8-15/h3-11,18H,2,12-13H2,1H3,(H,19,20). The highest BCUT2D eigenvalue weighted by Crippen LogP contribution is 2.10. The first-order chi connectivity index (χ1) is 9.78. The molecule has 1 amide bonds. The summed E-state index contributed by atoms with van der Waals surface area (Å²) in [5.74, 6) is -0.00393. The van der Waals surface area contributed by atoms with Gasteiger partial charge in [0, 0.05) is 12.2 Å². The third kappa shape index (κ3) is 4.43. The molecule has 0 aliphatic carbocycles. The van der Waals surface area contributed by atoms with Crippen molar-refractivity contribution in [2.24, 2.45) is 0 Å². The summed E-state index contributed by atoms with van der Waals surface area (Å²) in [6, 6.07) is 18.0. The van der Waals surface area contributed by atoms with Crippen molar-refractivity contribution in [2.75, 3.05) is 11.9 Å². The SMILES string of the molecule is CCc1cccc(NCC(=O)NCc2ccccc2)c1. The molecule has 0 saturated carbocycles. The molecule has 2 aromatic carbocycles. The number of rotatable bonds is 6. The Labute approximate surface area is 120 Å². The Morgan fingerprint density at radius 3 is 2.50 bits per heavy atom. The van der Waals surface area contributed by atoms with Gasteiger partial charge in [0.2, 0.25) is 5.91 Å². The number of aryl methyl sites for hydroxylation is 1. The topological polar surface area (TPSA) is 41.1 Å². The molecule has 2 aromatic rings. The minimum atomic E-state index is -0.00393. The van der Waals surface area contributed by atoms with Crippen LogP contribution >= 0.6 is 0 Å². The van der Waals surface area contributed by atoms with E-state index in [9.17, 15) is 4.79 Å². The number of amides is 1. The van der Waals surface area contributed by atoms with Crippen LogP contribution in [0.25, 0.3) is 0 Å². The molecule has 0 bridgehead atoms. The predicted octanol–water partition coefficient (Wildman–Crippen LogP) is 2.98. The summed E-state index contributed by atoms with van der Waals surface area (Å²) in [4.78, 5) is 11.8. The van der Waals surface area contributed by atoms with E-state index in [1.807, 2.05) is 42.5 Å². The molecule has 0 aromatic heterocycles. The summed E-state index contributed by atoms with van der Waals surface area (Å²) in [7, 11) is 0. The maximum atomic E-state index is 11.8. The van der Waals surface area contributed by atoms with E-state index in [-0.39, 0.29) is 5.91 Å². The number of anilines is 1. The van der Waals surface area contributed by atoms with Gasteiger partial charge in [-0.15, -0.1) is 0 Å². The zero-order valence-corrected chi connectivity index (χ0v) is 11.7. The van der Waals surface area contributed by atoms with E-state index in [0.717, 1.165) is 17.7 Å². The second-order valence-electron chi connectivity index (χ2n) is 4.67. The number of carbonyl (C=O) groups excluding carboxylic acids is 1. The third-order valence-electron chi connectivity index (χ3n) is 3.12. The lowest BCUT2D eigenvalue weighted by atomic mass is 10.1. The molecule has 0 radical (unpaired) electrons. The molecule has 0 aliphatic rings. The Bertz CT molecular complexity index is 552. The lowest BCUT2D eigenvalue weighted by molar-refractivity contribution is -0.119. The highest BCUT2D eigenvalue weighted by molar-refractivity contribution is 5.80. The van der Waals surface area contributed by atoms with Gasteiger partial charge in [0.05, 0.1) is 6.54 Å². The minimum absolute atomic E-state index is 0.00393. The first-order valence-corrected chi connectivity index (χ1v) is 6.91. The van der Waals surface area contributed by atoms with Crippen molar-refractivity contribution in [2.45, 2.75) is 19.9 Å². The Morgan fingerprint density at radius 2 is 1.75 bits per heavy atom. The van der Waals surface area contributed by atoms with Crippen LogP contribution in [-0.4, -0.2) is 12.5 Å². The first-order valence-electron chi connectivity index (χ1n) is 6.91. The van der Waals surface area contributed by atoms with Crippen molar-refractivity contribution in [1.29, 1.82) is 0 Å². The van der Waals surface area contributed by atoms with Crippen LogP contribution in [0.3, 0.4) is 0 Å². The molecule has 0 heterocycles. The number of hydrogen-bond acceptors (Lipinski definition) is 2. The van der Waals surface area contributed by atoms with Gasteiger partial charge in [-0.2, -0.15) is 0 Å². The third-order valence-corrected chi connectivity index (χ3v) is 3.12. The maximum Gasteiger partial charge on any atom is 0.239 e. The fourth-order valence-electron chi connectivity index (χ4n) is 1.94. The quantitative estimate of drug-likeness (QED) is 0.845. The zero-order chi connectivity index (χ0) is 14.2. The van der Waals surface area contributed by atoms with E-state index >= 15 is 0 Å². The van der Waals surface area contributed by atoms with Crippen LogP contribution in [0.2, 0.25) is 0 Å². The molecule has 20 heavy (non-hydrogen) atoms. The van der Waals surface area contributed by atoms with Gasteiger partial charge in [-0.25, -0.2) is 0 Å². The molecule has 2 N–H and O–H groups in total. The normalized spacial score (nSPS) is 10.1. The summed E-state index contributed by atoms with van der Waals surface area (Å²) in [5.41, 5.74) is 3.35. The van der Waals surface area contributed by atoms with Crippen LogP contribution in [0.4, 0.5) is 5.69 Å². The maximum absolute atomic E-state index is 11.8. The molecule has 0 saturated heterocycles. The molecule has 3 nitrogen and oxygen atoms in total. The van der Waals surface area contributed by atoms with Gasteiger partial charge in [-0.3, -0.25) is 4.79 Å². The second-order valence-corrected chi connectivity index (χ2v) is 4.67. The second kappa shape index (κ2) is 7.34. The Balaban J connectivity index is 1.77. The fraction of sp³-hybridized carbons (Fsp3) is 0.235. The van der Waals surface area contributed by atoms with Crippen molar-refractivity contribution >= 4 is 11.6 Å². The zero-order valence-electron chi connectivity index (χ0n) is 11.7. The molecule has 0 fully saturated rings. The molecule has 3 heteroatoms. The predicted molar refractivity (Wildman–Crippen MR) is 82.6 cm³/mol. The van der Waals surface area contributed by atoms with Gasteiger partial charge in [0.15, 0.2) is 0 Å². The monoisotopic (exact) mass is 268 g/mol. The van der Waals surface area contributed by atoms with Crippen molar-refractivity contribution < 1.29 is 4.79 Å². The summed E-state index contributed by atoms with van der Waals surface area (Å²) < 4.78 is 0. The van der Waals surface area contributed by atoms with Crippen LogP contribution in [-0.2, 0) is 17.8 Å². The van der Waals surface area contributed by atoms with Crippen molar-refractivity contribution in [1.82, 2.24) is 5.32 Å². The van der Waals surface area contributed by atoms with Gasteiger partial charge in [-0.1, -0.05) is 49.4 Å².